The topological polar surface area (TPSA) is 85.0 Å². The Hall–Kier alpha value is -3.69. The number of anilines is 1. The molecule has 2 N–H and O–H groups in total. The number of aromatic nitrogens is 3. The zero-order valence-electron chi connectivity index (χ0n) is 21.8. The summed E-state index contributed by atoms with van der Waals surface area (Å²) in [6.07, 6.45) is 6.18. The van der Waals surface area contributed by atoms with Gasteiger partial charge in [0, 0.05) is 11.6 Å². The maximum atomic E-state index is 12.5. The predicted octanol–water partition coefficient (Wildman–Crippen LogP) is 8.51. The monoisotopic (exact) mass is 623 g/mol. The molecule has 41 heavy (non-hydrogen) atoms. The van der Waals surface area contributed by atoms with Crippen LogP contribution in [0.25, 0.3) is 34.1 Å². The molecule has 0 aliphatic carbocycles. The molecule has 0 unspecified atom stereocenters. The van der Waals surface area contributed by atoms with Crippen molar-refractivity contribution < 1.29 is 9.21 Å². The number of carbonyl (C=O) groups is 1. The van der Waals surface area contributed by atoms with E-state index in [2.05, 4.69) is 39.9 Å². The van der Waals surface area contributed by atoms with Crippen LogP contribution in [-0.2, 0) is 11.2 Å². The van der Waals surface area contributed by atoms with E-state index in [0.29, 0.717) is 48.9 Å². The molecule has 5 rings (SSSR count). The number of hydrogen-bond acceptors (Lipinski definition) is 5. The average Bonchev–Trinajstić information content (AvgIpc) is 3.60. The minimum absolute atomic E-state index is 0.0711. The second-order valence-electron chi connectivity index (χ2n) is 9.16. The molecule has 208 valence electrons. The first kappa shape index (κ1) is 28.8. The second-order valence-corrected chi connectivity index (χ2v) is 10.8. The molecule has 0 saturated carbocycles. The highest BCUT2D eigenvalue weighted by atomic mass is 35.5. The summed E-state index contributed by atoms with van der Waals surface area (Å²) in [6.45, 7) is 2.18. The lowest BCUT2D eigenvalue weighted by atomic mass is 10.1. The SMILES string of the molecule is CCCCc1ccc(-n2nc3cc(Cl)c(NC(=S)NC(=O)C=Cc4ccc(-c5cccc(Cl)c5Cl)o4)cc3n2)cc1. The van der Waals surface area contributed by atoms with Crippen molar-refractivity contribution in [1.82, 2.24) is 20.3 Å². The van der Waals surface area contributed by atoms with Gasteiger partial charge in [0.15, 0.2) is 5.11 Å². The Morgan fingerprint density at radius 1 is 1.00 bits per heavy atom. The minimum atomic E-state index is -0.452. The van der Waals surface area contributed by atoms with E-state index in [1.165, 1.54) is 17.7 Å². The van der Waals surface area contributed by atoms with Gasteiger partial charge >= 0.3 is 0 Å². The van der Waals surface area contributed by atoms with Gasteiger partial charge in [0.25, 0.3) is 0 Å². The van der Waals surface area contributed by atoms with Crippen LogP contribution in [0.15, 0.2) is 77.2 Å². The Labute approximate surface area is 257 Å². The number of unbranched alkanes of at least 4 members (excludes halogenated alkanes) is 1. The normalized spacial score (nSPS) is 11.3. The molecule has 0 radical (unpaired) electrons. The molecule has 2 heterocycles. The number of carbonyl (C=O) groups excluding carboxylic acids is 1. The fraction of sp³-hybridized carbons (Fsp3) is 0.133. The molecule has 0 atom stereocenters. The zero-order chi connectivity index (χ0) is 28.9. The first-order chi connectivity index (χ1) is 19.8. The number of benzene rings is 3. The smallest absolute Gasteiger partial charge is 0.250 e. The zero-order valence-corrected chi connectivity index (χ0v) is 24.9. The largest absolute Gasteiger partial charge is 0.457 e. The van der Waals surface area contributed by atoms with E-state index in [0.717, 1.165) is 24.9 Å². The van der Waals surface area contributed by atoms with Crippen LogP contribution in [0.5, 0.6) is 0 Å². The van der Waals surface area contributed by atoms with Gasteiger partial charge in [0.2, 0.25) is 5.91 Å². The molecule has 0 aliphatic rings. The molecule has 0 saturated heterocycles. The summed E-state index contributed by atoms with van der Waals surface area (Å²) in [5.41, 5.74) is 4.52. The number of nitrogens with one attached hydrogen (secondary N) is 2. The molecule has 7 nitrogen and oxygen atoms in total. The summed E-state index contributed by atoms with van der Waals surface area (Å²) in [4.78, 5) is 14.0. The minimum Gasteiger partial charge on any atom is -0.457 e. The molecule has 5 aromatic rings. The lowest BCUT2D eigenvalue weighted by molar-refractivity contribution is -0.115. The van der Waals surface area contributed by atoms with E-state index in [1.54, 1.807) is 47.3 Å². The number of halogens is 3. The van der Waals surface area contributed by atoms with Crippen molar-refractivity contribution in [3.63, 3.8) is 0 Å². The van der Waals surface area contributed by atoms with Crippen LogP contribution in [0.4, 0.5) is 5.69 Å². The van der Waals surface area contributed by atoms with E-state index in [9.17, 15) is 4.79 Å². The third-order valence-corrected chi connectivity index (χ3v) is 7.52. The van der Waals surface area contributed by atoms with Crippen molar-refractivity contribution in [3.05, 3.63) is 99.2 Å². The molecule has 2 aromatic heterocycles. The van der Waals surface area contributed by atoms with Crippen molar-refractivity contribution in [1.29, 1.82) is 0 Å². The molecule has 1 amide bonds. The van der Waals surface area contributed by atoms with Crippen molar-refractivity contribution in [3.8, 4) is 17.0 Å². The maximum absolute atomic E-state index is 12.5. The van der Waals surface area contributed by atoms with E-state index in [1.807, 2.05) is 12.1 Å². The highest BCUT2D eigenvalue weighted by molar-refractivity contribution is 7.80. The number of thiocarbonyl (C=S) groups is 1. The Bertz CT molecular complexity index is 1760. The summed E-state index contributed by atoms with van der Waals surface area (Å²) < 4.78 is 5.78. The average molecular weight is 625 g/mol. The molecular formula is C30H24Cl3N5O2S. The molecular weight excluding hydrogens is 601 g/mol. The highest BCUT2D eigenvalue weighted by Crippen LogP contribution is 2.34. The lowest BCUT2D eigenvalue weighted by Gasteiger charge is -2.09. The molecule has 0 aliphatic heterocycles. The van der Waals surface area contributed by atoms with Crippen LogP contribution in [-0.4, -0.2) is 26.0 Å². The van der Waals surface area contributed by atoms with Crippen LogP contribution in [0.2, 0.25) is 15.1 Å². The van der Waals surface area contributed by atoms with E-state index in [-0.39, 0.29) is 5.11 Å². The van der Waals surface area contributed by atoms with Crippen molar-refractivity contribution in [2.24, 2.45) is 0 Å². The van der Waals surface area contributed by atoms with E-state index < -0.39 is 5.91 Å². The van der Waals surface area contributed by atoms with Crippen molar-refractivity contribution >= 4 is 80.8 Å². The first-order valence-electron chi connectivity index (χ1n) is 12.8. The summed E-state index contributed by atoms with van der Waals surface area (Å²) >= 11 is 24.1. The summed E-state index contributed by atoms with van der Waals surface area (Å²) in [6, 6.07) is 20.4. The van der Waals surface area contributed by atoms with Crippen LogP contribution >= 0.6 is 47.0 Å². The standard InChI is InChI=1S/C30H24Cl3N5O2S/c1-2-3-5-18-8-10-19(11-9-18)38-36-25-16-23(32)24(17-26(25)37-38)34-30(41)35-28(39)15-13-20-12-14-27(40-20)21-6-4-7-22(31)29(21)33/h4,6-17H,2-3,5H2,1H3,(H2,34,35,39,41). The lowest BCUT2D eigenvalue weighted by Crippen LogP contribution is -2.32. The van der Waals surface area contributed by atoms with E-state index >= 15 is 0 Å². The van der Waals surface area contributed by atoms with Crippen LogP contribution in [0.3, 0.4) is 0 Å². The molecule has 0 bridgehead atoms. The fourth-order valence-corrected chi connectivity index (χ4v) is 4.88. The number of amides is 1. The molecule has 0 spiro atoms. The number of rotatable bonds is 8. The van der Waals surface area contributed by atoms with Gasteiger partial charge in [-0.2, -0.15) is 4.80 Å². The maximum Gasteiger partial charge on any atom is 0.250 e. The number of hydrogen-bond donors (Lipinski definition) is 2. The summed E-state index contributed by atoms with van der Waals surface area (Å²) in [5, 5.41) is 15.9. The predicted molar refractivity (Wildman–Crippen MR) is 170 cm³/mol. The summed E-state index contributed by atoms with van der Waals surface area (Å²) in [7, 11) is 0. The Morgan fingerprint density at radius 3 is 2.51 bits per heavy atom. The third-order valence-electron chi connectivity index (χ3n) is 6.18. The number of furan rings is 1. The molecule has 0 fully saturated rings. The quantitative estimate of drug-likeness (QED) is 0.133. The second kappa shape index (κ2) is 12.9. The van der Waals surface area contributed by atoms with Gasteiger partial charge in [0.05, 0.1) is 26.4 Å². The van der Waals surface area contributed by atoms with Gasteiger partial charge in [-0.1, -0.05) is 66.3 Å². The van der Waals surface area contributed by atoms with Gasteiger partial charge in [-0.05, 0) is 85.2 Å². The number of nitrogens with zero attached hydrogens (tertiary/aromatic N) is 3. The van der Waals surface area contributed by atoms with Gasteiger partial charge in [0.1, 0.15) is 22.6 Å². The highest BCUT2D eigenvalue weighted by Gasteiger charge is 2.13. The Kier molecular flexibility index (Phi) is 9.05. The molecule has 11 heteroatoms. The van der Waals surface area contributed by atoms with Gasteiger partial charge in [-0.3, -0.25) is 10.1 Å². The first-order valence-corrected chi connectivity index (χ1v) is 14.3. The van der Waals surface area contributed by atoms with Crippen molar-refractivity contribution in [2.75, 3.05) is 5.32 Å². The number of fused-ring (bicyclic) bond motifs is 1. The van der Waals surface area contributed by atoms with Crippen LogP contribution in [0, 0.1) is 0 Å². The third kappa shape index (κ3) is 6.97. The van der Waals surface area contributed by atoms with Gasteiger partial charge in [-0.15, -0.1) is 10.2 Å². The van der Waals surface area contributed by atoms with Gasteiger partial charge < -0.3 is 9.73 Å². The Balaban J connectivity index is 1.22. The van der Waals surface area contributed by atoms with E-state index in [4.69, 9.17) is 51.4 Å². The Morgan fingerprint density at radius 2 is 1.76 bits per heavy atom. The van der Waals surface area contributed by atoms with Crippen LogP contribution < -0.4 is 10.6 Å². The van der Waals surface area contributed by atoms with Gasteiger partial charge in [-0.25, -0.2) is 0 Å². The molecule has 3 aromatic carbocycles. The van der Waals surface area contributed by atoms with Crippen LogP contribution in [0.1, 0.15) is 31.1 Å². The number of aryl methyl sites for hydroxylation is 1. The van der Waals surface area contributed by atoms with Crippen molar-refractivity contribution in [2.45, 2.75) is 26.2 Å². The summed E-state index contributed by atoms with van der Waals surface area (Å²) in [5.74, 6) is 0.532. The fourth-order valence-electron chi connectivity index (χ4n) is 4.07.